The fourth-order valence-corrected chi connectivity index (χ4v) is 3.76. The zero-order valence-electron chi connectivity index (χ0n) is 10.4. The molecule has 20 heavy (non-hydrogen) atoms. The summed E-state index contributed by atoms with van der Waals surface area (Å²) in [4.78, 5) is 12.6. The summed E-state index contributed by atoms with van der Waals surface area (Å²) in [5, 5.41) is 14.8. The van der Waals surface area contributed by atoms with Gasteiger partial charge in [-0.3, -0.25) is 9.98 Å². The van der Waals surface area contributed by atoms with E-state index in [0.717, 1.165) is 22.2 Å². The van der Waals surface area contributed by atoms with E-state index in [-0.39, 0.29) is 17.6 Å². The molecule has 0 amide bonds. The largest absolute Gasteiger partial charge is 0.384 e. The van der Waals surface area contributed by atoms with Crippen LogP contribution in [0, 0.1) is 5.41 Å². The predicted octanol–water partition coefficient (Wildman–Crippen LogP) is 2.10. The average molecular weight is 354 g/mol. The predicted molar refractivity (Wildman–Crippen MR) is 80.4 cm³/mol. The lowest BCUT2D eigenvalue weighted by Crippen LogP contribution is -2.16. The number of amidine groups is 1. The minimum Gasteiger partial charge on any atom is -0.384 e. The van der Waals surface area contributed by atoms with Crippen LogP contribution in [0.25, 0.3) is 0 Å². The first-order valence-corrected chi connectivity index (χ1v) is 7.66. The molecule has 0 spiro atoms. The molecule has 1 aromatic heterocycles. The van der Waals surface area contributed by atoms with Crippen LogP contribution >= 0.6 is 27.7 Å². The highest BCUT2D eigenvalue weighted by Crippen LogP contribution is 2.39. The van der Waals surface area contributed by atoms with Crippen LogP contribution < -0.4 is 11.4 Å². The molecular formula is C12H12BrN5OS. The summed E-state index contributed by atoms with van der Waals surface area (Å²) in [6, 6.07) is 5.81. The number of aromatic amines is 1. The van der Waals surface area contributed by atoms with Gasteiger partial charge in [0.05, 0.1) is 0 Å². The van der Waals surface area contributed by atoms with E-state index in [1.165, 1.54) is 11.8 Å². The van der Waals surface area contributed by atoms with Gasteiger partial charge in [0, 0.05) is 21.0 Å². The molecule has 1 heterocycles. The van der Waals surface area contributed by atoms with E-state index >= 15 is 0 Å². The number of halogens is 1. The van der Waals surface area contributed by atoms with Gasteiger partial charge in [-0.1, -0.05) is 6.07 Å². The summed E-state index contributed by atoms with van der Waals surface area (Å²) >= 11 is 4.74. The number of H-pyrrole nitrogens is 1. The average Bonchev–Trinajstić information content (AvgIpc) is 3.15. The quantitative estimate of drug-likeness (QED) is 0.578. The van der Waals surface area contributed by atoms with Crippen molar-refractivity contribution in [2.45, 2.75) is 28.9 Å². The van der Waals surface area contributed by atoms with Crippen molar-refractivity contribution in [2.75, 3.05) is 0 Å². The van der Waals surface area contributed by atoms with Crippen LogP contribution in [0.2, 0.25) is 0 Å². The zero-order valence-corrected chi connectivity index (χ0v) is 12.8. The second kappa shape index (κ2) is 5.10. The van der Waals surface area contributed by atoms with Gasteiger partial charge in [0.25, 0.3) is 0 Å². The molecule has 8 heteroatoms. The number of benzene rings is 1. The molecule has 0 radical (unpaired) electrons. The van der Waals surface area contributed by atoms with E-state index in [9.17, 15) is 4.79 Å². The Balaban J connectivity index is 2.02. The first kappa shape index (κ1) is 13.4. The fourth-order valence-electron chi connectivity index (χ4n) is 1.97. The second-order valence-electron chi connectivity index (χ2n) is 4.54. The number of nitrogen functional groups attached to an aromatic ring is 1. The Morgan fingerprint density at radius 1 is 1.55 bits per heavy atom. The SMILES string of the molecule is N=C(N)c1c(Br)cccc1Sc1n[nH]c(=O)n1C1CC1. The van der Waals surface area contributed by atoms with Crippen molar-refractivity contribution < 1.29 is 0 Å². The Bertz CT molecular complexity index is 734. The van der Waals surface area contributed by atoms with Crippen LogP contribution in [0.5, 0.6) is 0 Å². The summed E-state index contributed by atoms with van der Waals surface area (Å²) in [5.41, 5.74) is 6.06. The van der Waals surface area contributed by atoms with Gasteiger partial charge < -0.3 is 5.73 Å². The summed E-state index contributed by atoms with van der Waals surface area (Å²) in [6.07, 6.45) is 2.01. The third-order valence-corrected chi connectivity index (χ3v) is 4.72. The van der Waals surface area contributed by atoms with E-state index in [1.54, 1.807) is 4.57 Å². The maximum absolute atomic E-state index is 11.8. The van der Waals surface area contributed by atoms with Gasteiger partial charge in [0.15, 0.2) is 5.16 Å². The zero-order chi connectivity index (χ0) is 14.3. The van der Waals surface area contributed by atoms with Crippen molar-refractivity contribution in [1.29, 1.82) is 5.41 Å². The topological polar surface area (TPSA) is 101 Å². The van der Waals surface area contributed by atoms with E-state index in [1.807, 2.05) is 18.2 Å². The summed E-state index contributed by atoms with van der Waals surface area (Å²) in [5.74, 6) is -0.0178. The van der Waals surface area contributed by atoms with Crippen molar-refractivity contribution in [2.24, 2.45) is 5.73 Å². The Labute approximate surface area is 127 Å². The lowest BCUT2D eigenvalue weighted by atomic mass is 10.2. The maximum Gasteiger partial charge on any atom is 0.344 e. The first-order valence-electron chi connectivity index (χ1n) is 6.05. The number of nitrogens with zero attached hydrogens (tertiary/aromatic N) is 2. The van der Waals surface area contributed by atoms with Gasteiger partial charge in [-0.15, -0.1) is 5.10 Å². The fraction of sp³-hybridized carbons (Fsp3) is 0.250. The molecule has 1 aromatic carbocycles. The lowest BCUT2D eigenvalue weighted by molar-refractivity contribution is 0.642. The number of aromatic nitrogens is 3. The number of rotatable bonds is 4. The van der Waals surface area contributed by atoms with Crippen molar-refractivity contribution in [3.8, 4) is 0 Å². The summed E-state index contributed by atoms with van der Waals surface area (Å²) in [6.45, 7) is 0. The lowest BCUT2D eigenvalue weighted by Gasteiger charge is -2.09. The Kier molecular flexibility index (Phi) is 3.43. The first-order chi connectivity index (χ1) is 9.58. The molecule has 104 valence electrons. The van der Waals surface area contributed by atoms with Crippen molar-refractivity contribution in [3.05, 3.63) is 38.7 Å². The smallest absolute Gasteiger partial charge is 0.344 e. The third-order valence-electron chi connectivity index (χ3n) is 3.03. The molecule has 1 fully saturated rings. The number of hydrogen-bond acceptors (Lipinski definition) is 4. The van der Waals surface area contributed by atoms with Crippen molar-refractivity contribution in [3.63, 3.8) is 0 Å². The maximum atomic E-state index is 11.8. The normalized spacial score (nSPS) is 14.4. The third kappa shape index (κ3) is 2.40. The van der Waals surface area contributed by atoms with Crippen LogP contribution in [-0.2, 0) is 0 Å². The molecule has 1 saturated carbocycles. The van der Waals surface area contributed by atoms with Crippen LogP contribution in [0.4, 0.5) is 0 Å². The van der Waals surface area contributed by atoms with Gasteiger partial charge in [-0.2, -0.15) is 0 Å². The standard InChI is InChI=1S/C12H12BrN5OS/c13-7-2-1-3-8(9(7)10(14)15)20-12-17-16-11(19)18(12)6-4-5-6/h1-3,6H,4-5H2,(H3,14,15)(H,16,19). The van der Waals surface area contributed by atoms with Crippen LogP contribution in [0.1, 0.15) is 24.4 Å². The second-order valence-corrected chi connectivity index (χ2v) is 6.40. The molecule has 1 aliphatic rings. The van der Waals surface area contributed by atoms with E-state index in [2.05, 4.69) is 26.1 Å². The van der Waals surface area contributed by atoms with Crippen molar-refractivity contribution in [1.82, 2.24) is 14.8 Å². The van der Waals surface area contributed by atoms with Gasteiger partial charge in [0.2, 0.25) is 0 Å². The minimum atomic E-state index is -0.186. The molecule has 2 aromatic rings. The van der Waals surface area contributed by atoms with Crippen molar-refractivity contribution >= 4 is 33.5 Å². The molecule has 0 aliphatic heterocycles. The van der Waals surface area contributed by atoms with E-state index < -0.39 is 0 Å². The highest BCUT2D eigenvalue weighted by atomic mass is 79.9. The monoisotopic (exact) mass is 353 g/mol. The molecule has 4 N–H and O–H groups in total. The number of hydrogen-bond donors (Lipinski definition) is 3. The molecule has 6 nitrogen and oxygen atoms in total. The van der Waals surface area contributed by atoms with Gasteiger partial charge in [-0.25, -0.2) is 9.89 Å². The Morgan fingerprint density at radius 2 is 2.30 bits per heavy atom. The highest BCUT2D eigenvalue weighted by Gasteiger charge is 2.29. The summed E-state index contributed by atoms with van der Waals surface area (Å²) < 4.78 is 2.43. The summed E-state index contributed by atoms with van der Waals surface area (Å²) in [7, 11) is 0. The van der Waals surface area contributed by atoms with Crippen LogP contribution in [-0.4, -0.2) is 20.6 Å². The van der Waals surface area contributed by atoms with E-state index in [0.29, 0.717) is 10.7 Å². The molecule has 0 atom stereocenters. The van der Waals surface area contributed by atoms with Crippen LogP contribution in [0.15, 0.2) is 37.5 Å². The van der Waals surface area contributed by atoms with Gasteiger partial charge >= 0.3 is 5.69 Å². The molecule has 3 rings (SSSR count). The molecule has 0 saturated heterocycles. The Hall–Kier alpha value is -1.54. The molecule has 1 aliphatic carbocycles. The molecule has 0 bridgehead atoms. The van der Waals surface area contributed by atoms with E-state index in [4.69, 9.17) is 11.1 Å². The molecular weight excluding hydrogens is 342 g/mol. The molecule has 0 unspecified atom stereocenters. The van der Waals surface area contributed by atoms with Gasteiger partial charge in [0.1, 0.15) is 5.84 Å². The highest BCUT2D eigenvalue weighted by molar-refractivity contribution is 9.10. The Morgan fingerprint density at radius 3 is 2.95 bits per heavy atom. The number of nitrogens with one attached hydrogen (secondary N) is 2. The number of nitrogens with two attached hydrogens (primary N) is 1. The van der Waals surface area contributed by atoms with Crippen LogP contribution in [0.3, 0.4) is 0 Å². The minimum absolute atomic E-state index is 0.0178. The van der Waals surface area contributed by atoms with Gasteiger partial charge in [-0.05, 0) is 52.7 Å².